The second-order valence-electron chi connectivity index (χ2n) is 6.50. The van der Waals surface area contributed by atoms with E-state index in [1.165, 1.54) is 0 Å². The van der Waals surface area contributed by atoms with Crippen molar-refractivity contribution in [1.29, 1.82) is 0 Å². The molecule has 0 bridgehead atoms. The first-order valence-electron chi connectivity index (χ1n) is 7.84. The Labute approximate surface area is 148 Å². The Morgan fingerprint density at radius 2 is 2.04 bits per heavy atom. The number of halogens is 1. The lowest BCUT2D eigenvalue weighted by molar-refractivity contribution is -0.130. The van der Waals surface area contributed by atoms with Gasteiger partial charge in [-0.1, -0.05) is 18.2 Å². The quantitative estimate of drug-likeness (QED) is 0.774. The van der Waals surface area contributed by atoms with Crippen LogP contribution >= 0.6 is 12.4 Å². The van der Waals surface area contributed by atoms with Crippen LogP contribution < -0.4 is 5.32 Å². The van der Waals surface area contributed by atoms with E-state index in [2.05, 4.69) is 5.32 Å². The van der Waals surface area contributed by atoms with Crippen molar-refractivity contribution in [2.24, 2.45) is 11.3 Å². The number of benzene rings is 1. The molecule has 2 fully saturated rings. The summed E-state index contributed by atoms with van der Waals surface area (Å²) >= 11 is 0. The summed E-state index contributed by atoms with van der Waals surface area (Å²) in [6, 6.07) is 8.21. The van der Waals surface area contributed by atoms with E-state index in [9.17, 15) is 18.3 Å². The monoisotopic (exact) mass is 374 g/mol. The topological polar surface area (TPSA) is 86.7 Å². The molecule has 24 heavy (non-hydrogen) atoms. The van der Waals surface area contributed by atoms with Crippen LogP contribution in [0.5, 0.6) is 0 Å². The van der Waals surface area contributed by atoms with Gasteiger partial charge >= 0.3 is 0 Å². The van der Waals surface area contributed by atoms with Crippen molar-refractivity contribution in [3.63, 3.8) is 0 Å². The molecule has 2 atom stereocenters. The number of likely N-dealkylation sites (tertiary alicyclic amines) is 1. The van der Waals surface area contributed by atoms with E-state index < -0.39 is 9.84 Å². The van der Waals surface area contributed by atoms with Gasteiger partial charge in [0.25, 0.3) is 0 Å². The van der Waals surface area contributed by atoms with Crippen molar-refractivity contribution in [2.45, 2.75) is 11.3 Å². The molecule has 1 aromatic rings. The standard InChI is InChI=1S/C16H22N2O4S.ClH/c19-12-16-10-17-8-13(16)9-18(11-16)15(20)6-7-23(21,22)14-4-2-1-3-5-14;/h1-5,13,17,19H,6-12H2;1H. The van der Waals surface area contributed by atoms with Gasteiger partial charge in [-0.05, 0) is 18.1 Å². The average molecular weight is 375 g/mol. The van der Waals surface area contributed by atoms with Crippen molar-refractivity contribution < 1.29 is 18.3 Å². The van der Waals surface area contributed by atoms with E-state index in [-0.39, 0.29) is 53.3 Å². The van der Waals surface area contributed by atoms with Crippen LogP contribution in [0.4, 0.5) is 0 Å². The molecule has 2 unspecified atom stereocenters. The number of carbonyl (C=O) groups is 1. The van der Waals surface area contributed by atoms with Gasteiger partial charge in [-0.15, -0.1) is 12.4 Å². The summed E-state index contributed by atoms with van der Waals surface area (Å²) in [5, 5.41) is 12.9. The third-order valence-electron chi connectivity index (χ3n) is 5.03. The zero-order chi connectivity index (χ0) is 16.5. The van der Waals surface area contributed by atoms with Crippen LogP contribution in [-0.4, -0.2) is 62.9 Å². The van der Waals surface area contributed by atoms with E-state index in [1.807, 2.05) is 0 Å². The number of amides is 1. The number of aliphatic hydroxyl groups is 1. The highest BCUT2D eigenvalue weighted by Crippen LogP contribution is 2.38. The summed E-state index contributed by atoms with van der Waals surface area (Å²) < 4.78 is 24.5. The minimum atomic E-state index is -3.43. The second-order valence-corrected chi connectivity index (χ2v) is 8.61. The Hall–Kier alpha value is -1.15. The van der Waals surface area contributed by atoms with Gasteiger partial charge in [-0.3, -0.25) is 4.79 Å². The Morgan fingerprint density at radius 3 is 2.67 bits per heavy atom. The number of nitrogens with zero attached hydrogens (tertiary/aromatic N) is 1. The Morgan fingerprint density at radius 1 is 1.33 bits per heavy atom. The van der Waals surface area contributed by atoms with E-state index in [4.69, 9.17) is 0 Å². The molecule has 6 nitrogen and oxygen atoms in total. The molecule has 2 saturated heterocycles. The van der Waals surface area contributed by atoms with Gasteiger partial charge in [0.2, 0.25) is 5.91 Å². The minimum Gasteiger partial charge on any atom is -0.396 e. The van der Waals surface area contributed by atoms with E-state index in [0.717, 1.165) is 6.54 Å². The lowest BCUT2D eigenvalue weighted by atomic mass is 9.82. The van der Waals surface area contributed by atoms with Crippen LogP contribution in [0.15, 0.2) is 35.2 Å². The highest BCUT2D eigenvalue weighted by atomic mass is 35.5. The van der Waals surface area contributed by atoms with Crippen LogP contribution in [-0.2, 0) is 14.6 Å². The predicted octanol–water partition coefficient (Wildman–Crippen LogP) is 0.313. The maximum absolute atomic E-state index is 12.4. The number of sulfone groups is 1. The van der Waals surface area contributed by atoms with Crippen molar-refractivity contribution >= 4 is 28.2 Å². The first kappa shape index (κ1) is 19.2. The van der Waals surface area contributed by atoms with Crippen LogP contribution in [0, 0.1) is 11.3 Å². The van der Waals surface area contributed by atoms with E-state index in [1.54, 1.807) is 35.2 Å². The van der Waals surface area contributed by atoms with Gasteiger partial charge in [0, 0.05) is 38.0 Å². The summed E-state index contributed by atoms with van der Waals surface area (Å²) in [5.41, 5.74) is -0.256. The molecule has 134 valence electrons. The molecule has 0 saturated carbocycles. The minimum absolute atomic E-state index is 0. The molecule has 2 N–H and O–H groups in total. The Bertz CT molecular complexity index is 683. The Balaban J connectivity index is 0.00000208. The lowest BCUT2D eigenvalue weighted by Gasteiger charge is -2.25. The van der Waals surface area contributed by atoms with Gasteiger partial charge in [0.1, 0.15) is 0 Å². The molecular weight excluding hydrogens is 352 g/mol. The molecule has 0 spiro atoms. The smallest absolute Gasteiger partial charge is 0.223 e. The number of nitrogens with one attached hydrogen (secondary N) is 1. The fraction of sp³-hybridized carbons (Fsp3) is 0.562. The third kappa shape index (κ3) is 3.59. The zero-order valence-corrected chi connectivity index (χ0v) is 15.0. The maximum Gasteiger partial charge on any atom is 0.223 e. The van der Waals surface area contributed by atoms with E-state index >= 15 is 0 Å². The number of fused-ring (bicyclic) bond motifs is 1. The van der Waals surface area contributed by atoms with Crippen LogP contribution in [0.25, 0.3) is 0 Å². The van der Waals surface area contributed by atoms with Crippen LogP contribution in [0.2, 0.25) is 0 Å². The molecular formula is C16H23ClN2O4S. The zero-order valence-electron chi connectivity index (χ0n) is 13.3. The van der Waals surface area contributed by atoms with Crippen LogP contribution in [0.3, 0.4) is 0 Å². The third-order valence-corrected chi connectivity index (χ3v) is 6.77. The first-order valence-corrected chi connectivity index (χ1v) is 9.49. The number of hydrogen-bond donors (Lipinski definition) is 2. The molecule has 3 rings (SSSR count). The largest absolute Gasteiger partial charge is 0.396 e. The van der Waals surface area contributed by atoms with Crippen molar-refractivity contribution in [2.75, 3.05) is 38.5 Å². The molecule has 0 radical (unpaired) electrons. The molecule has 8 heteroatoms. The predicted molar refractivity (Wildman–Crippen MR) is 92.8 cm³/mol. The summed E-state index contributed by atoms with van der Waals surface area (Å²) in [6.45, 7) is 2.66. The fourth-order valence-electron chi connectivity index (χ4n) is 3.56. The normalized spacial score (nSPS) is 26.0. The average Bonchev–Trinajstić information content (AvgIpc) is 3.11. The summed E-state index contributed by atoms with van der Waals surface area (Å²) in [5.74, 6) is -0.0737. The second kappa shape index (κ2) is 7.39. The lowest BCUT2D eigenvalue weighted by Crippen LogP contribution is -2.38. The number of rotatable bonds is 5. The number of aliphatic hydroxyl groups excluding tert-OH is 1. The molecule has 2 aliphatic heterocycles. The summed E-state index contributed by atoms with van der Waals surface area (Å²) in [7, 11) is -3.43. The van der Waals surface area contributed by atoms with Gasteiger partial charge in [0.05, 0.1) is 17.3 Å². The maximum atomic E-state index is 12.4. The highest BCUT2D eigenvalue weighted by Gasteiger charge is 2.50. The number of hydrogen-bond acceptors (Lipinski definition) is 5. The van der Waals surface area contributed by atoms with Crippen molar-refractivity contribution in [3.05, 3.63) is 30.3 Å². The summed E-state index contributed by atoms with van der Waals surface area (Å²) in [6.07, 6.45) is -0.0150. The summed E-state index contributed by atoms with van der Waals surface area (Å²) in [4.78, 5) is 14.3. The number of carbonyl (C=O) groups excluding carboxylic acids is 1. The van der Waals surface area contributed by atoms with Gasteiger partial charge in [-0.25, -0.2) is 8.42 Å². The van der Waals surface area contributed by atoms with Gasteiger partial charge < -0.3 is 15.3 Å². The van der Waals surface area contributed by atoms with Crippen LogP contribution in [0.1, 0.15) is 6.42 Å². The molecule has 1 aromatic carbocycles. The van der Waals surface area contributed by atoms with Gasteiger partial charge in [-0.2, -0.15) is 0 Å². The first-order chi connectivity index (χ1) is 11.0. The molecule has 0 aliphatic carbocycles. The van der Waals surface area contributed by atoms with E-state index in [0.29, 0.717) is 19.6 Å². The van der Waals surface area contributed by atoms with Gasteiger partial charge in [0.15, 0.2) is 9.84 Å². The SMILES string of the molecule is Cl.O=C(CCS(=O)(=O)c1ccccc1)N1CC2CNCC2(CO)C1. The fourth-order valence-corrected chi connectivity index (χ4v) is 4.81. The van der Waals surface area contributed by atoms with Crippen molar-refractivity contribution in [3.8, 4) is 0 Å². The molecule has 2 heterocycles. The molecule has 2 aliphatic rings. The Kier molecular flexibility index (Phi) is 5.91. The molecule has 0 aromatic heterocycles. The molecule has 1 amide bonds. The highest BCUT2D eigenvalue weighted by molar-refractivity contribution is 7.91. The van der Waals surface area contributed by atoms with Crippen molar-refractivity contribution in [1.82, 2.24) is 10.2 Å².